The van der Waals surface area contributed by atoms with Gasteiger partial charge in [0.05, 0.1) is 5.39 Å². The lowest BCUT2D eigenvalue weighted by Crippen LogP contribution is -2.34. The summed E-state index contributed by atoms with van der Waals surface area (Å²) < 4.78 is 5.60. The number of para-hydroxylation sites is 1. The molecule has 1 aromatic carbocycles. The van der Waals surface area contributed by atoms with Gasteiger partial charge in [-0.25, -0.2) is 0 Å². The van der Waals surface area contributed by atoms with Crippen LogP contribution in [0.1, 0.15) is 36.4 Å². The number of fused-ring (bicyclic) bond motifs is 1. The third-order valence-corrected chi connectivity index (χ3v) is 3.85. The molecule has 0 aliphatic heterocycles. The molecule has 0 fully saturated rings. The fourth-order valence-corrected chi connectivity index (χ4v) is 2.22. The quantitative estimate of drug-likeness (QED) is 0.886. The molecule has 0 radical (unpaired) electrons. The second-order valence-corrected chi connectivity index (χ2v) is 5.83. The van der Waals surface area contributed by atoms with Crippen molar-refractivity contribution < 1.29 is 9.21 Å². The maximum absolute atomic E-state index is 12.3. The first-order valence-corrected chi connectivity index (χ1v) is 7.48. The topological polar surface area (TPSA) is 85.3 Å². The molecule has 2 rings (SSSR count). The minimum absolute atomic E-state index is 0.0324. The molecule has 5 nitrogen and oxygen atoms in total. The summed E-state index contributed by atoms with van der Waals surface area (Å²) in [5.41, 5.74) is 6.51. The molecule has 0 spiro atoms. The number of hydrogen-bond acceptors (Lipinski definition) is 4. The second kappa shape index (κ2) is 6.75. The van der Waals surface area contributed by atoms with E-state index in [-0.39, 0.29) is 23.1 Å². The summed E-state index contributed by atoms with van der Waals surface area (Å²) in [5.74, 6) is 0.0513. The minimum atomic E-state index is -0.378. The standard InChI is InChI=1S/C17H22N2O3/c1-10(2)13(18)8-9-19-17(21)16-11(3)15(20)12-6-4-5-7-14(12)22-16/h4-7,10,13H,8-9,18H2,1-3H3,(H,19,21)/t13-/m1/s1. The summed E-state index contributed by atoms with van der Waals surface area (Å²) >= 11 is 0. The Morgan fingerprint density at radius 3 is 2.68 bits per heavy atom. The number of rotatable bonds is 5. The first kappa shape index (κ1) is 16.2. The zero-order valence-corrected chi connectivity index (χ0v) is 13.2. The molecule has 22 heavy (non-hydrogen) atoms. The van der Waals surface area contributed by atoms with Gasteiger partial charge in [0.25, 0.3) is 5.91 Å². The predicted molar refractivity (Wildman–Crippen MR) is 87.0 cm³/mol. The molecular formula is C17H22N2O3. The van der Waals surface area contributed by atoms with E-state index in [9.17, 15) is 9.59 Å². The Balaban J connectivity index is 2.18. The van der Waals surface area contributed by atoms with Crippen molar-refractivity contribution in [3.8, 4) is 0 Å². The zero-order chi connectivity index (χ0) is 16.3. The normalized spacial score (nSPS) is 12.6. The number of carbonyl (C=O) groups is 1. The highest BCUT2D eigenvalue weighted by molar-refractivity contribution is 5.94. The van der Waals surface area contributed by atoms with Gasteiger partial charge in [-0.05, 0) is 31.4 Å². The highest BCUT2D eigenvalue weighted by Gasteiger charge is 2.17. The predicted octanol–water partition coefficient (Wildman–Crippen LogP) is 2.20. The Kier molecular flexibility index (Phi) is 4.98. The van der Waals surface area contributed by atoms with Gasteiger partial charge in [0.1, 0.15) is 5.58 Å². The Bertz CT molecular complexity index is 734. The van der Waals surface area contributed by atoms with E-state index in [1.165, 1.54) is 0 Å². The summed E-state index contributed by atoms with van der Waals surface area (Å²) in [7, 11) is 0. The number of hydrogen-bond donors (Lipinski definition) is 2. The second-order valence-electron chi connectivity index (χ2n) is 5.83. The Labute approximate surface area is 129 Å². The van der Waals surface area contributed by atoms with Crippen molar-refractivity contribution in [3.05, 3.63) is 45.8 Å². The Hall–Kier alpha value is -2.14. The number of nitrogens with two attached hydrogens (primary N) is 1. The van der Waals surface area contributed by atoms with Crippen molar-refractivity contribution >= 4 is 16.9 Å². The smallest absolute Gasteiger partial charge is 0.287 e. The van der Waals surface area contributed by atoms with E-state index in [2.05, 4.69) is 5.32 Å². The summed E-state index contributed by atoms with van der Waals surface area (Å²) in [5, 5.41) is 3.25. The van der Waals surface area contributed by atoms with Gasteiger partial charge in [-0.2, -0.15) is 0 Å². The van der Waals surface area contributed by atoms with Crippen LogP contribution in [-0.4, -0.2) is 18.5 Å². The zero-order valence-electron chi connectivity index (χ0n) is 13.2. The van der Waals surface area contributed by atoms with Crippen LogP contribution in [0, 0.1) is 12.8 Å². The van der Waals surface area contributed by atoms with E-state index < -0.39 is 0 Å². The molecule has 118 valence electrons. The van der Waals surface area contributed by atoms with E-state index in [1.807, 2.05) is 13.8 Å². The maximum Gasteiger partial charge on any atom is 0.287 e. The summed E-state index contributed by atoms with van der Waals surface area (Å²) in [6, 6.07) is 6.94. The van der Waals surface area contributed by atoms with Gasteiger partial charge < -0.3 is 15.5 Å². The SMILES string of the molecule is Cc1c(C(=O)NCC[C@@H](N)C(C)C)oc2ccccc2c1=O. The van der Waals surface area contributed by atoms with Gasteiger partial charge >= 0.3 is 0 Å². The number of nitrogens with one attached hydrogen (secondary N) is 1. The van der Waals surface area contributed by atoms with Crippen molar-refractivity contribution in [2.24, 2.45) is 11.7 Å². The average Bonchev–Trinajstić information content (AvgIpc) is 2.50. The van der Waals surface area contributed by atoms with Gasteiger partial charge in [0.2, 0.25) is 0 Å². The highest BCUT2D eigenvalue weighted by atomic mass is 16.3. The first-order chi connectivity index (χ1) is 10.4. The van der Waals surface area contributed by atoms with E-state index in [4.69, 9.17) is 10.2 Å². The summed E-state index contributed by atoms with van der Waals surface area (Å²) in [4.78, 5) is 24.5. The lowest BCUT2D eigenvalue weighted by molar-refractivity contribution is 0.0923. The van der Waals surface area contributed by atoms with Crippen molar-refractivity contribution in [1.29, 1.82) is 0 Å². The minimum Gasteiger partial charge on any atom is -0.450 e. The molecule has 0 saturated carbocycles. The van der Waals surface area contributed by atoms with Crippen LogP contribution in [0.15, 0.2) is 33.5 Å². The molecule has 0 aliphatic rings. The molecule has 0 aliphatic carbocycles. The molecule has 1 atom stereocenters. The molecular weight excluding hydrogens is 280 g/mol. The van der Waals surface area contributed by atoms with Crippen molar-refractivity contribution in [3.63, 3.8) is 0 Å². The van der Waals surface area contributed by atoms with Gasteiger partial charge in [-0.1, -0.05) is 26.0 Å². The number of carbonyl (C=O) groups excluding carboxylic acids is 1. The van der Waals surface area contributed by atoms with Crippen molar-refractivity contribution in [2.45, 2.75) is 33.2 Å². The van der Waals surface area contributed by atoms with Crippen LogP contribution in [0.5, 0.6) is 0 Å². The Morgan fingerprint density at radius 1 is 1.32 bits per heavy atom. The fraction of sp³-hybridized carbons (Fsp3) is 0.412. The molecule has 5 heteroatoms. The van der Waals surface area contributed by atoms with E-state index >= 15 is 0 Å². The van der Waals surface area contributed by atoms with E-state index in [1.54, 1.807) is 31.2 Å². The van der Waals surface area contributed by atoms with Gasteiger partial charge in [-0.15, -0.1) is 0 Å². The summed E-state index contributed by atoms with van der Waals surface area (Å²) in [6.07, 6.45) is 0.681. The molecule has 1 amide bonds. The third kappa shape index (κ3) is 3.36. The van der Waals surface area contributed by atoms with Crippen LogP contribution in [-0.2, 0) is 0 Å². The third-order valence-electron chi connectivity index (χ3n) is 3.85. The largest absolute Gasteiger partial charge is 0.450 e. The molecule has 0 bridgehead atoms. The van der Waals surface area contributed by atoms with Crippen LogP contribution in [0.25, 0.3) is 11.0 Å². The lowest BCUT2D eigenvalue weighted by Gasteiger charge is -2.15. The van der Waals surface area contributed by atoms with E-state index in [0.29, 0.717) is 35.4 Å². The van der Waals surface area contributed by atoms with Crippen LogP contribution >= 0.6 is 0 Å². The molecule has 1 aromatic heterocycles. The van der Waals surface area contributed by atoms with Crippen molar-refractivity contribution in [2.75, 3.05) is 6.54 Å². The van der Waals surface area contributed by atoms with Gasteiger partial charge in [0, 0.05) is 18.2 Å². The number of benzene rings is 1. The molecule has 0 saturated heterocycles. The average molecular weight is 302 g/mol. The van der Waals surface area contributed by atoms with Crippen molar-refractivity contribution in [1.82, 2.24) is 5.32 Å². The van der Waals surface area contributed by atoms with Gasteiger partial charge in [0.15, 0.2) is 11.2 Å². The lowest BCUT2D eigenvalue weighted by atomic mass is 10.0. The molecule has 0 unspecified atom stereocenters. The van der Waals surface area contributed by atoms with Crippen LogP contribution < -0.4 is 16.5 Å². The van der Waals surface area contributed by atoms with Crippen LogP contribution in [0.4, 0.5) is 0 Å². The Morgan fingerprint density at radius 2 is 2.00 bits per heavy atom. The molecule has 2 aromatic rings. The van der Waals surface area contributed by atoms with Crippen LogP contribution in [0.3, 0.4) is 0 Å². The first-order valence-electron chi connectivity index (χ1n) is 7.48. The van der Waals surface area contributed by atoms with E-state index in [0.717, 1.165) is 0 Å². The maximum atomic E-state index is 12.3. The highest BCUT2D eigenvalue weighted by Crippen LogP contribution is 2.15. The number of amides is 1. The molecule has 3 N–H and O–H groups in total. The molecule has 1 heterocycles. The fourth-order valence-electron chi connectivity index (χ4n) is 2.22. The summed E-state index contributed by atoms with van der Waals surface area (Å²) in [6.45, 7) is 6.14. The monoisotopic (exact) mass is 302 g/mol. The van der Waals surface area contributed by atoms with Crippen LogP contribution in [0.2, 0.25) is 0 Å². The van der Waals surface area contributed by atoms with Gasteiger partial charge in [-0.3, -0.25) is 9.59 Å².